The zero-order chi connectivity index (χ0) is 28.3. The Labute approximate surface area is 236 Å². The van der Waals surface area contributed by atoms with Crippen LogP contribution in [0.25, 0.3) is 22.2 Å². The molecule has 4 heterocycles. The number of carbonyl (C=O) groups is 1. The van der Waals surface area contributed by atoms with Crippen molar-refractivity contribution in [3.63, 3.8) is 0 Å². The van der Waals surface area contributed by atoms with Gasteiger partial charge in [-0.2, -0.15) is 5.10 Å². The average Bonchev–Trinajstić information content (AvgIpc) is 3.33. The van der Waals surface area contributed by atoms with Crippen LogP contribution in [0.15, 0.2) is 71.8 Å². The van der Waals surface area contributed by atoms with Crippen molar-refractivity contribution >= 4 is 22.5 Å². The highest BCUT2D eigenvalue weighted by molar-refractivity contribution is 6.01. The van der Waals surface area contributed by atoms with Crippen LogP contribution in [0, 0.1) is 18.8 Å². The zero-order valence-electron chi connectivity index (χ0n) is 22.9. The van der Waals surface area contributed by atoms with Gasteiger partial charge < -0.3 is 10.1 Å². The maximum Gasteiger partial charge on any atom is 0.267 e. The first kappa shape index (κ1) is 26.4. The van der Waals surface area contributed by atoms with Crippen molar-refractivity contribution < 1.29 is 9.53 Å². The number of nitrogens with one attached hydrogen (secondary N) is 1. The van der Waals surface area contributed by atoms with Crippen LogP contribution in [-0.4, -0.2) is 67.8 Å². The predicted molar refractivity (Wildman–Crippen MR) is 155 cm³/mol. The molecule has 1 saturated heterocycles. The number of morpholine rings is 1. The van der Waals surface area contributed by atoms with Crippen molar-refractivity contribution in [2.75, 3.05) is 32.8 Å². The number of fused-ring (bicyclic) bond motifs is 2. The molecule has 206 valence electrons. The van der Waals surface area contributed by atoms with E-state index in [1.165, 1.54) is 0 Å². The molecule has 2 aromatic carbocycles. The third kappa shape index (κ3) is 5.20. The number of amides is 1. The lowest BCUT2D eigenvalue weighted by atomic mass is 10.1. The maximum atomic E-state index is 14.2. The maximum absolute atomic E-state index is 14.2. The average molecular weight is 548 g/mol. The van der Waals surface area contributed by atoms with E-state index in [0.717, 1.165) is 13.1 Å². The van der Waals surface area contributed by atoms with Gasteiger partial charge in [0.05, 0.1) is 48.1 Å². The summed E-state index contributed by atoms with van der Waals surface area (Å²) in [4.78, 5) is 39.1. The van der Waals surface area contributed by atoms with Crippen LogP contribution in [0.4, 0.5) is 0 Å². The highest BCUT2D eigenvalue weighted by Crippen LogP contribution is 2.21. The molecule has 1 atom stereocenters. The molecule has 10 nitrogen and oxygen atoms in total. The molecule has 0 bridgehead atoms. The summed E-state index contributed by atoms with van der Waals surface area (Å²) in [5, 5.41) is 7.86. The summed E-state index contributed by atoms with van der Waals surface area (Å²) in [5.41, 5.74) is 2.93. The molecule has 41 heavy (non-hydrogen) atoms. The smallest absolute Gasteiger partial charge is 0.267 e. The Morgan fingerprint density at radius 3 is 2.71 bits per heavy atom. The number of nitrogens with zero attached hydrogens (tertiary/aromatic N) is 6. The van der Waals surface area contributed by atoms with Crippen LogP contribution < -0.4 is 10.9 Å². The quantitative estimate of drug-likeness (QED) is 0.337. The lowest BCUT2D eigenvalue weighted by Crippen LogP contribution is -2.36. The van der Waals surface area contributed by atoms with Crippen LogP contribution in [-0.2, 0) is 4.74 Å². The molecule has 10 heteroatoms. The second-order valence-corrected chi connectivity index (χ2v) is 9.88. The van der Waals surface area contributed by atoms with E-state index in [1.54, 1.807) is 40.5 Å². The standard InChI is InChI=1S/C31H29N7O3/c1-21-26(29-32-14-8-16-37(29)35-21)30(39)33-22(2)28-34-25-13-6-9-23(10-7-15-36-17-19-41-20-18-36)27(25)31(40)38(28)24-11-4-3-5-12-24/h3-6,8-9,11-14,16,22H,15,17-20H2,1-2H3,(H,33,39)/t22-/m1/s1. The minimum absolute atomic E-state index is 0.248. The fourth-order valence-electron chi connectivity index (χ4n) is 5.07. The van der Waals surface area contributed by atoms with Gasteiger partial charge in [0.15, 0.2) is 5.65 Å². The minimum Gasteiger partial charge on any atom is -0.379 e. The summed E-state index contributed by atoms with van der Waals surface area (Å²) in [6, 6.07) is 15.9. The third-order valence-electron chi connectivity index (χ3n) is 7.10. The van der Waals surface area contributed by atoms with Crippen molar-refractivity contribution in [3.05, 3.63) is 100.0 Å². The van der Waals surface area contributed by atoms with Gasteiger partial charge in [0.25, 0.3) is 11.5 Å². The van der Waals surface area contributed by atoms with Crippen LogP contribution in [0.5, 0.6) is 0 Å². The SMILES string of the molecule is Cc1nn2cccnc2c1C(=O)N[C@H](C)c1nc2cccc(C#CCN3CCOCC3)c2c(=O)n1-c1ccccc1. The largest absolute Gasteiger partial charge is 0.379 e. The van der Waals surface area contributed by atoms with Crippen LogP contribution in [0.3, 0.4) is 0 Å². The van der Waals surface area contributed by atoms with Gasteiger partial charge in [-0.05, 0) is 44.2 Å². The highest BCUT2D eigenvalue weighted by Gasteiger charge is 2.24. The van der Waals surface area contributed by atoms with Crippen molar-refractivity contribution in [2.45, 2.75) is 19.9 Å². The topological polar surface area (TPSA) is 107 Å². The molecule has 0 unspecified atom stereocenters. The molecule has 0 radical (unpaired) electrons. The Morgan fingerprint density at radius 2 is 1.90 bits per heavy atom. The summed E-state index contributed by atoms with van der Waals surface area (Å²) in [7, 11) is 0. The Balaban J connectivity index is 1.41. The highest BCUT2D eigenvalue weighted by atomic mass is 16.5. The van der Waals surface area contributed by atoms with Crippen molar-refractivity contribution in [3.8, 4) is 17.5 Å². The summed E-state index contributed by atoms with van der Waals surface area (Å²) < 4.78 is 8.55. The second-order valence-electron chi connectivity index (χ2n) is 9.88. The minimum atomic E-state index is -0.617. The van der Waals surface area contributed by atoms with E-state index in [-0.39, 0.29) is 11.5 Å². The Hall–Kier alpha value is -4.85. The van der Waals surface area contributed by atoms with E-state index in [4.69, 9.17) is 9.72 Å². The molecule has 0 saturated carbocycles. The van der Waals surface area contributed by atoms with Gasteiger partial charge in [-0.25, -0.2) is 14.5 Å². The van der Waals surface area contributed by atoms with E-state index < -0.39 is 6.04 Å². The fourth-order valence-corrected chi connectivity index (χ4v) is 5.07. The number of para-hydroxylation sites is 1. The first-order chi connectivity index (χ1) is 20.0. The van der Waals surface area contributed by atoms with Gasteiger partial charge in [0.1, 0.15) is 11.4 Å². The first-order valence-corrected chi connectivity index (χ1v) is 13.5. The number of hydrogen-bond donors (Lipinski definition) is 1. The normalized spacial score (nSPS) is 14.5. The van der Waals surface area contributed by atoms with E-state index in [0.29, 0.717) is 64.6 Å². The number of benzene rings is 2. The van der Waals surface area contributed by atoms with Crippen molar-refractivity contribution in [2.24, 2.45) is 0 Å². The lowest BCUT2D eigenvalue weighted by Gasteiger charge is -2.24. The van der Waals surface area contributed by atoms with E-state index in [1.807, 2.05) is 49.4 Å². The molecule has 0 aliphatic carbocycles. The molecule has 1 N–H and O–H groups in total. The second kappa shape index (κ2) is 11.3. The van der Waals surface area contributed by atoms with Gasteiger partial charge in [-0.15, -0.1) is 0 Å². The number of aromatic nitrogens is 5. The number of carbonyl (C=O) groups excluding carboxylic acids is 1. The van der Waals surface area contributed by atoms with Gasteiger partial charge in [-0.3, -0.25) is 19.1 Å². The van der Waals surface area contributed by atoms with E-state index in [9.17, 15) is 9.59 Å². The summed E-state index contributed by atoms with van der Waals surface area (Å²) in [6.07, 6.45) is 3.37. The number of ether oxygens (including phenoxy) is 1. The summed E-state index contributed by atoms with van der Waals surface area (Å²) in [5.74, 6) is 6.49. The molecule has 1 amide bonds. The Morgan fingerprint density at radius 1 is 1.10 bits per heavy atom. The zero-order valence-corrected chi connectivity index (χ0v) is 22.9. The van der Waals surface area contributed by atoms with Gasteiger partial charge in [0, 0.05) is 31.0 Å². The Kier molecular flexibility index (Phi) is 7.29. The molecule has 1 aliphatic rings. The van der Waals surface area contributed by atoms with Gasteiger partial charge >= 0.3 is 0 Å². The summed E-state index contributed by atoms with van der Waals surface area (Å²) in [6.45, 7) is 7.25. The molecule has 5 aromatic rings. The van der Waals surface area contributed by atoms with Crippen LogP contribution >= 0.6 is 0 Å². The van der Waals surface area contributed by atoms with Crippen LogP contribution in [0.2, 0.25) is 0 Å². The molecule has 0 spiro atoms. The number of aryl methyl sites for hydroxylation is 1. The molecule has 3 aromatic heterocycles. The Bertz CT molecular complexity index is 1860. The first-order valence-electron chi connectivity index (χ1n) is 13.5. The van der Waals surface area contributed by atoms with Gasteiger partial charge in [-0.1, -0.05) is 36.1 Å². The van der Waals surface area contributed by atoms with E-state index in [2.05, 4.69) is 32.1 Å². The molecular weight excluding hydrogens is 518 g/mol. The monoisotopic (exact) mass is 547 g/mol. The molecule has 1 fully saturated rings. The lowest BCUT2D eigenvalue weighted by molar-refractivity contribution is 0.0443. The molecule has 1 aliphatic heterocycles. The van der Waals surface area contributed by atoms with Crippen molar-refractivity contribution in [1.29, 1.82) is 0 Å². The third-order valence-corrected chi connectivity index (χ3v) is 7.10. The number of rotatable bonds is 5. The van der Waals surface area contributed by atoms with Crippen molar-refractivity contribution in [1.82, 2.24) is 34.4 Å². The van der Waals surface area contributed by atoms with Crippen LogP contribution in [0.1, 0.15) is 40.4 Å². The molecular formula is C31H29N7O3. The fraction of sp³-hybridized carbons (Fsp3) is 0.258. The predicted octanol–water partition coefficient (Wildman–Crippen LogP) is 2.91. The summed E-state index contributed by atoms with van der Waals surface area (Å²) >= 11 is 0. The number of hydrogen-bond acceptors (Lipinski definition) is 7. The van der Waals surface area contributed by atoms with E-state index >= 15 is 0 Å². The van der Waals surface area contributed by atoms with Gasteiger partial charge in [0.2, 0.25) is 0 Å². The molecule has 6 rings (SSSR count).